The van der Waals surface area contributed by atoms with E-state index >= 15 is 0 Å². The molecule has 194 valence electrons. The van der Waals surface area contributed by atoms with Crippen molar-refractivity contribution in [2.75, 3.05) is 49.6 Å². The first-order valence-corrected chi connectivity index (χ1v) is 14.1. The third-order valence-electron chi connectivity index (χ3n) is 9.16. The highest BCUT2D eigenvalue weighted by Crippen LogP contribution is 2.39. The quantitative estimate of drug-likeness (QED) is 0.572. The summed E-state index contributed by atoms with van der Waals surface area (Å²) in [4.78, 5) is 17.7. The Kier molecular flexibility index (Phi) is 5.93. The lowest BCUT2D eigenvalue weighted by molar-refractivity contribution is 0.187. The summed E-state index contributed by atoms with van der Waals surface area (Å²) in [6.07, 6.45) is 5.86. The second-order valence-corrected chi connectivity index (χ2v) is 11.4. The predicted molar refractivity (Wildman–Crippen MR) is 149 cm³/mol. The third-order valence-corrected chi connectivity index (χ3v) is 9.16. The fourth-order valence-corrected chi connectivity index (χ4v) is 7.13. The Labute approximate surface area is 219 Å². The number of rotatable bonds is 5. The molecule has 4 aliphatic heterocycles. The number of likely N-dealkylation sites (N-methyl/N-ethyl adjacent to an activating group) is 1. The standard InChI is InChI=1S/C30H38N6O/c1-20-6-3-7-21-8-4-10-27(28(20)21)35-15-13-25-26(18-35)32-30(37-19-24-9-5-14-34(24)2)33-29(25)36-22-11-12-23(36)17-31-16-22/h3-4,6-8,10,22-24,31H,5,9,11-19H2,1-2H3/t22-,23+,24-/m0/s1. The smallest absolute Gasteiger partial charge is 0.318 e. The van der Waals surface area contributed by atoms with Gasteiger partial charge in [0.05, 0.1) is 12.2 Å². The van der Waals surface area contributed by atoms with E-state index in [0.717, 1.165) is 50.7 Å². The molecule has 0 radical (unpaired) electrons. The van der Waals surface area contributed by atoms with Gasteiger partial charge in [0.2, 0.25) is 0 Å². The number of benzene rings is 2. The van der Waals surface area contributed by atoms with Crippen molar-refractivity contribution in [2.45, 2.75) is 63.7 Å². The molecule has 1 aromatic heterocycles. The van der Waals surface area contributed by atoms with Crippen molar-refractivity contribution in [1.29, 1.82) is 0 Å². The molecule has 37 heavy (non-hydrogen) atoms. The minimum atomic E-state index is 0.452. The molecule has 3 fully saturated rings. The van der Waals surface area contributed by atoms with Crippen LogP contribution in [0.1, 0.15) is 42.5 Å². The Hall–Kier alpha value is -2.90. The first-order valence-electron chi connectivity index (χ1n) is 14.1. The normalized spacial score (nSPS) is 25.6. The molecule has 3 saturated heterocycles. The molecule has 2 bridgehead atoms. The van der Waals surface area contributed by atoms with Crippen LogP contribution in [0.3, 0.4) is 0 Å². The van der Waals surface area contributed by atoms with Gasteiger partial charge in [-0.2, -0.15) is 9.97 Å². The number of nitrogens with zero attached hydrogens (tertiary/aromatic N) is 5. The summed E-state index contributed by atoms with van der Waals surface area (Å²) in [6.45, 7) is 7.88. The molecule has 0 saturated carbocycles. The van der Waals surface area contributed by atoms with Crippen molar-refractivity contribution in [2.24, 2.45) is 0 Å². The number of anilines is 2. The predicted octanol–water partition coefficient (Wildman–Crippen LogP) is 3.91. The number of ether oxygens (including phenoxy) is 1. The lowest BCUT2D eigenvalue weighted by Gasteiger charge is -2.39. The lowest BCUT2D eigenvalue weighted by Crippen LogP contribution is -2.53. The summed E-state index contributed by atoms with van der Waals surface area (Å²) >= 11 is 0. The number of nitrogens with one attached hydrogen (secondary N) is 1. The molecule has 0 unspecified atom stereocenters. The van der Waals surface area contributed by atoms with E-state index in [4.69, 9.17) is 14.7 Å². The highest BCUT2D eigenvalue weighted by molar-refractivity contribution is 5.97. The summed E-state index contributed by atoms with van der Waals surface area (Å²) in [5.74, 6) is 1.14. The second-order valence-electron chi connectivity index (χ2n) is 11.4. The number of hydrogen-bond acceptors (Lipinski definition) is 7. The highest BCUT2D eigenvalue weighted by atomic mass is 16.5. The van der Waals surface area contributed by atoms with Crippen molar-refractivity contribution in [3.8, 4) is 6.01 Å². The van der Waals surface area contributed by atoms with Crippen LogP contribution in [0, 0.1) is 6.92 Å². The molecule has 7 nitrogen and oxygen atoms in total. The zero-order valence-electron chi connectivity index (χ0n) is 22.1. The number of aromatic nitrogens is 2. The molecule has 7 rings (SSSR count). The van der Waals surface area contributed by atoms with Crippen LogP contribution in [0.2, 0.25) is 0 Å². The summed E-state index contributed by atoms with van der Waals surface area (Å²) in [5.41, 5.74) is 5.09. The Morgan fingerprint density at radius 2 is 1.81 bits per heavy atom. The largest absolute Gasteiger partial charge is 0.462 e. The van der Waals surface area contributed by atoms with Crippen molar-refractivity contribution in [3.05, 3.63) is 53.2 Å². The van der Waals surface area contributed by atoms with Gasteiger partial charge < -0.3 is 24.8 Å². The topological polar surface area (TPSA) is 56.8 Å². The first kappa shape index (κ1) is 23.2. The van der Waals surface area contributed by atoms with Gasteiger partial charge in [-0.15, -0.1) is 0 Å². The van der Waals surface area contributed by atoms with Crippen LogP contribution in [0.25, 0.3) is 10.8 Å². The Balaban J connectivity index is 1.25. The maximum atomic E-state index is 6.35. The lowest BCUT2D eigenvalue weighted by atomic mass is 9.99. The van der Waals surface area contributed by atoms with Crippen LogP contribution in [-0.2, 0) is 13.0 Å². The Morgan fingerprint density at radius 1 is 1.00 bits per heavy atom. The maximum Gasteiger partial charge on any atom is 0.318 e. The van der Waals surface area contributed by atoms with Crippen LogP contribution in [0.4, 0.5) is 11.5 Å². The molecule has 1 N–H and O–H groups in total. The van der Waals surface area contributed by atoms with Crippen molar-refractivity contribution < 1.29 is 4.74 Å². The van der Waals surface area contributed by atoms with E-state index in [1.807, 2.05) is 0 Å². The summed E-state index contributed by atoms with van der Waals surface area (Å²) in [7, 11) is 2.20. The fraction of sp³-hybridized carbons (Fsp3) is 0.533. The Morgan fingerprint density at radius 3 is 2.59 bits per heavy atom. The van der Waals surface area contributed by atoms with Gasteiger partial charge in [-0.25, -0.2) is 0 Å². The number of hydrogen-bond donors (Lipinski definition) is 1. The molecule has 2 aromatic carbocycles. The number of piperazine rings is 1. The molecular formula is C30H38N6O. The molecule has 3 atom stereocenters. The van der Waals surface area contributed by atoms with E-state index in [1.165, 1.54) is 53.3 Å². The van der Waals surface area contributed by atoms with Crippen molar-refractivity contribution in [3.63, 3.8) is 0 Å². The van der Waals surface area contributed by atoms with E-state index in [0.29, 0.717) is 30.7 Å². The van der Waals surface area contributed by atoms with Gasteiger partial charge in [-0.3, -0.25) is 0 Å². The fourth-order valence-electron chi connectivity index (χ4n) is 7.13. The van der Waals surface area contributed by atoms with Crippen LogP contribution in [0.15, 0.2) is 36.4 Å². The average Bonchev–Trinajstić information content (AvgIpc) is 3.44. The molecule has 5 heterocycles. The van der Waals surface area contributed by atoms with E-state index in [-0.39, 0.29) is 0 Å². The first-order chi connectivity index (χ1) is 18.2. The molecule has 4 aliphatic rings. The summed E-state index contributed by atoms with van der Waals surface area (Å²) < 4.78 is 6.35. The zero-order chi connectivity index (χ0) is 24.9. The minimum absolute atomic E-state index is 0.452. The van der Waals surface area contributed by atoms with Gasteiger partial charge in [-0.1, -0.05) is 30.3 Å². The monoisotopic (exact) mass is 498 g/mol. The van der Waals surface area contributed by atoms with Gasteiger partial charge in [0.1, 0.15) is 12.4 Å². The zero-order valence-corrected chi connectivity index (χ0v) is 22.1. The highest BCUT2D eigenvalue weighted by Gasteiger charge is 2.40. The van der Waals surface area contributed by atoms with Crippen molar-refractivity contribution >= 4 is 22.3 Å². The molecule has 7 heteroatoms. The summed E-state index contributed by atoms with van der Waals surface area (Å²) in [5, 5.41) is 6.28. The average molecular weight is 499 g/mol. The molecule has 0 aliphatic carbocycles. The summed E-state index contributed by atoms with van der Waals surface area (Å²) in [6, 6.07) is 15.3. The van der Waals surface area contributed by atoms with Crippen LogP contribution in [-0.4, -0.2) is 72.8 Å². The van der Waals surface area contributed by atoms with Crippen LogP contribution >= 0.6 is 0 Å². The number of likely N-dealkylation sites (tertiary alicyclic amines) is 1. The van der Waals surface area contributed by atoms with E-state index in [1.54, 1.807) is 0 Å². The molecule has 3 aromatic rings. The van der Waals surface area contributed by atoms with Gasteiger partial charge in [-0.05, 0) is 69.6 Å². The maximum absolute atomic E-state index is 6.35. The van der Waals surface area contributed by atoms with Gasteiger partial charge in [0, 0.05) is 54.4 Å². The van der Waals surface area contributed by atoms with E-state index in [2.05, 4.69) is 70.4 Å². The van der Waals surface area contributed by atoms with E-state index in [9.17, 15) is 0 Å². The molecule has 0 amide bonds. The number of fused-ring (bicyclic) bond motifs is 4. The van der Waals surface area contributed by atoms with E-state index < -0.39 is 0 Å². The second kappa shape index (κ2) is 9.44. The number of aryl methyl sites for hydroxylation is 1. The van der Waals surface area contributed by atoms with Gasteiger partial charge in [0.25, 0.3) is 0 Å². The minimum Gasteiger partial charge on any atom is -0.462 e. The van der Waals surface area contributed by atoms with Gasteiger partial charge >= 0.3 is 6.01 Å². The Bertz CT molecular complexity index is 1290. The van der Waals surface area contributed by atoms with Crippen molar-refractivity contribution in [1.82, 2.24) is 20.2 Å². The third kappa shape index (κ3) is 4.12. The van der Waals surface area contributed by atoms with Crippen LogP contribution < -0.4 is 19.9 Å². The SMILES string of the molecule is Cc1cccc2cccc(N3CCc4c(nc(OC[C@@H]5CCCN5C)nc4N4[C@@H]5CC[C@H]4CNC5)C3)c12. The molecular weight excluding hydrogens is 460 g/mol. The molecule has 0 spiro atoms. The van der Waals surface area contributed by atoms with Crippen LogP contribution in [0.5, 0.6) is 6.01 Å². The van der Waals surface area contributed by atoms with Gasteiger partial charge in [0.15, 0.2) is 0 Å².